The predicted octanol–water partition coefficient (Wildman–Crippen LogP) is 1.00. The number of carboxylic acid groups (broad SMARTS) is 1. The smallest absolute Gasteiger partial charge is 0.407 e. The van der Waals surface area contributed by atoms with Crippen LogP contribution < -0.4 is 5.32 Å². The van der Waals surface area contributed by atoms with Crippen molar-refractivity contribution in [3.63, 3.8) is 0 Å². The topological polar surface area (TPSA) is 108 Å². The Labute approximate surface area is 135 Å². The van der Waals surface area contributed by atoms with Gasteiger partial charge in [-0.05, 0) is 27.2 Å². The van der Waals surface area contributed by atoms with Crippen LogP contribution >= 0.6 is 0 Å². The molecule has 0 aromatic carbocycles. The number of nitrogens with zero attached hydrogens (tertiary/aromatic N) is 2. The summed E-state index contributed by atoms with van der Waals surface area (Å²) < 4.78 is 5.23. The summed E-state index contributed by atoms with van der Waals surface area (Å²) in [5.41, 5.74) is 0.230. The van der Waals surface area contributed by atoms with E-state index in [0.717, 1.165) is 5.69 Å². The van der Waals surface area contributed by atoms with Crippen LogP contribution in [-0.2, 0) is 16.0 Å². The van der Waals surface area contributed by atoms with E-state index in [1.165, 1.54) is 6.33 Å². The third-order valence-corrected chi connectivity index (χ3v) is 3.63. The Morgan fingerprint density at radius 3 is 2.87 bits per heavy atom. The van der Waals surface area contributed by atoms with E-state index < -0.39 is 23.7 Å². The van der Waals surface area contributed by atoms with Gasteiger partial charge >= 0.3 is 12.1 Å². The number of rotatable bonds is 5. The zero-order valence-electron chi connectivity index (χ0n) is 13.7. The van der Waals surface area contributed by atoms with Gasteiger partial charge in [-0.3, -0.25) is 9.69 Å². The molecule has 1 saturated heterocycles. The van der Waals surface area contributed by atoms with E-state index in [1.807, 2.05) is 4.90 Å². The molecule has 1 fully saturated rings. The number of carbonyl (C=O) groups excluding carboxylic acids is 1. The van der Waals surface area contributed by atoms with E-state index in [-0.39, 0.29) is 6.04 Å². The lowest BCUT2D eigenvalue weighted by Crippen LogP contribution is -2.45. The minimum atomic E-state index is -0.877. The molecule has 0 radical (unpaired) electrons. The first-order chi connectivity index (χ1) is 10.7. The third kappa shape index (κ3) is 5.24. The van der Waals surface area contributed by atoms with Crippen molar-refractivity contribution in [1.82, 2.24) is 20.2 Å². The van der Waals surface area contributed by atoms with Gasteiger partial charge in [-0.25, -0.2) is 9.78 Å². The molecule has 1 aliphatic rings. The lowest BCUT2D eigenvalue weighted by molar-refractivity contribution is -0.142. The van der Waals surface area contributed by atoms with Crippen molar-refractivity contribution in [2.75, 3.05) is 13.1 Å². The molecule has 8 heteroatoms. The summed E-state index contributed by atoms with van der Waals surface area (Å²) >= 11 is 0. The Morgan fingerprint density at radius 2 is 2.30 bits per heavy atom. The monoisotopic (exact) mass is 324 g/mol. The number of imidazole rings is 1. The van der Waals surface area contributed by atoms with Gasteiger partial charge in [-0.15, -0.1) is 0 Å². The van der Waals surface area contributed by atoms with Gasteiger partial charge in [0.2, 0.25) is 0 Å². The number of aliphatic carboxylic acids is 1. The van der Waals surface area contributed by atoms with Crippen molar-refractivity contribution >= 4 is 12.1 Å². The summed E-state index contributed by atoms with van der Waals surface area (Å²) in [6.07, 6.45) is 3.75. The second-order valence-corrected chi connectivity index (χ2v) is 6.76. The Hall–Kier alpha value is -2.09. The van der Waals surface area contributed by atoms with Crippen LogP contribution in [0.15, 0.2) is 12.5 Å². The lowest BCUT2D eigenvalue weighted by atomic mass is 10.1. The van der Waals surface area contributed by atoms with Gasteiger partial charge in [0, 0.05) is 37.4 Å². The van der Waals surface area contributed by atoms with Gasteiger partial charge in [0.15, 0.2) is 0 Å². The number of likely N-dealkylation sites (tertiary alicyclic amines) is 1. The molecule has 0 spiro atoms. The fourth-order valence-electron chi connectivity index (χ4n) is 2.64. The van der Waals surface area contributed by atoms with E-state index in [0.29, 0.717) is 25.9 Å². The van der Waals surface area contributed by atoms with Gasteiger partial charge in [0.1, 0.15) is 11.6 Å². The van der Waals surface area contributed by atoms with Gasteiger partial charge in [0.25, 0.3) is 0 Å². The van der Waals surface area contributed by atoms with Gasteiger partial charge in [-0.2, -0.15) is 0 Å². The summed E-state index contributed by atoms with van der Waals surface area (Å²) in [5.74, 6) is -0.877. The van der Waals surface area contributed by atoms with Crippen LogP contribution in [0.2, 0.25) is 0 Å². The van der Waals surface area contributed by atoms with Crippen molar-refractivity contribution in [3.05, 3.63) is 18.2 Å². The molecule has 1 aromatic rings. The Kier molecular flexibility index (Phi) is 5.25. The summed E-state index contributed by atoms with van der Waals surface area (Å²) in [5, 5.41) is 12.3. The SMILES string of the molecule is CC(C)(C)OC(=O)N[C@H]1CCN([C@@H](Cc2cnc[nH]2)C(=O)O)C1. The molecule has 2 rings (SSSR count). The highest BCUT2D eigenvalue weighted by Crippen LogP contribution is 2.17. The van der Waals surface area contributed by atoms with E-state index in [9.17, 15) is 14.7 Å². The maximum Gasteiger partial charge on any atom is 0.407 e. The van der Waals surface area contributed by atoms with Crippen molar-refractivity contribution in [2.45, 2.75) is 51.3 Å². The Bertz CT molecular complexity index is 538. The van der Waals surface area contributed by atoms with E-state index in [4.69, 9.17) is 4.74 Å². The molecule has 1 amide bonds. The number of alkyl carbamates (subject to hydrolysis) is 1. The third-order valence-electron chi connectivity index (χ3n) is 3.63. The molecule has 1 aliphatic heterocycles. The second-order valence-electron chi connectivity index (χ2n) is 6.76. The van der Waals surface area contributed by atoms with Gasteiger partial charge < -0.3 is 20.1 Å². The zero-order valence-corrected chi connectivity index (χ0v) is 13.7. The number of carboxylic acids is 1. The van der Waals surface area contributed by atoms with Crippen LogP contribution in [0.4, 0.5) is 4.79 Å². The fourth-order valence-corrected chi connectivity index (χ4v) is 2.64. The summed E-state index contributed by atoms with van der Waals surface area (Å²) in [4.78, 5) is 32.0. The maximum atomic E-state index is 11.8. The maximum absolute atomic E-state index is 11.8. The molecular weight excluding hydrogens is 300 g/mol. The number of H-pyrrole nitrogens is 1. The van der Waals surface area contributed by atoms with Crippen LogP contribution in [0.3, 0.4) is 0 Å². The minimum absolute atomic E-state index is 0.103. The highest BCUT2D eigenvalue weighted by molar-refractivity contribution is 5.74. The number of aromatic nitrogens is 2. The van der Waals surface area contributed by atoms with Gasteiger partial charge in [-0.1, -0.05) is 0 Å². The summed E-state index contributed by atoms with van der Waals surface area (Å²) in [6.45, 7) is 6.52. The quantitative estimate of drug-likeness (QED) is 0.746. The highest BCUT2D eigenvalue weighted by atomic mass is 16.6. The molecule has 8 nitrogen and oxygen atoms in total. The van der Waals surface area contributed by atoms with Crippen molar-refractivity contribution in [2.24, 2.45) is 0 Å². The zero-order chi connectivity index (χ0) is 17.0. The summed E-state index contributed by atoms with van der Waals surface area (Å²) in [7, 11) is 0. The first-order valence-electron chi connectivity index (χ1n) is 7.68. The average Bonchev–Trinajstić information content (AvgIpc) is 3.04. The number of aromatic amines is 1. The van der Waals surface area contributed by atoms with E-state index in [1.54, 1.807) is 27.0 Å². The van der Waals surface area contributed by atoms with E-state index in [2.05, 4.69) is 15.3 Å². The molecule has 0 aliphatic carbocycles. The molecule has 23 heavy (non-hydrogen) atoms. The number of amides is 1. The highest BCUT2D eigenvalue weighted by Gasteiger charge is 2.34. The lowest BCUT2D eigenvalue weighted by Gasteiger charge is -2.24. The molecular formula is C15H24N4O4. The molecule has 128 valence electrons. The van der Waals surface area contributed by atoms with Crippen LogP contribution in [0, 0.1) is 0 Å². The van der Waals surface area contributed by atoms with Crippen molar-refractivity contribution < 1.29 is 19.4 Å². The number of ether oxygens (including phenoxy) is 1. The van der Waals surface area contributed by atoms with Crippen molar-refractivity contribution in [1.29, 1.82) is 0 Å². The Morgan fingerprint density at radius 1 is 1.57 bits per heavy atom. The van der Waals surface area contributed by atoms with Crippen LogP contribution in [-0.4, -0.2) is 62.8 Å². The number of hydrogen-bond acceptors (Lipinski definition) is 5. The number of carbonyl (C=O) groups is 2. The normalized spacial score (nSPS) is 20.2. The van der Waals surface area contributed by atoms with Crippen LogP contribution in [0.1, 0.15) is 32.9 Å². The molecule has 2 atom stereocenters. The first kappa shape index (κ1) is 17.3. The predicted molar refractivity (Wildman–Crippen MR) is 83.1 cm³/mol. The first-order valence-corrected chi connectivity index (χ1v) is 7.68. The van der Waals surface area contributed by atoms with Crippen LogP contribution in [0.5, 0.6) is 0 Å². The van der Waals surface area contributed by atoms with Crippen LogP contribution in [0.25, 0.3) is 0 Å². The fraction of sp³-hybridized carbons (Fsp3) is 0.667. The molecule has 0 unspecified atom stereocenters. The second kappa shape index (κ2) is 6.99. The average molecular weight is 324 g/mol. The Balaban J connectivity index is 1.89. The molecule has 2 heterocycles. The molecule has 3 N–H and O–H groups in total. The molecule has 0 bridgehead atoms. The van der Waals surface area contributed by atoms with Crippen molar-refractivity contribution in [3.8, 4) is 0 Å². The minimum Gasteiger partial charge on any atom is -0.480 e. The van der Waals surface area contributed by atoms with Gasteiger partial charge in [0.05, 0.1) is 6.33 Å². The number of nitrogens with one attached hydrogen (secondary N) is 2. The molecule has 1 aromatic heterocycles. The standard InChI is InChI=1S/C15H24N4O4/c1-15(2,3)23-14(22)18-10-4-5-19(8-10)12(13(20)21)6-11-7-16-9-17-11/h7,9-10,12H,4-6,8H2,1-3H3,(H,16,17)(H,18,22)(H,20,21)/t10-,12-/m0/s1. The largest absolute Gasteiger partial charge is 0.480 e. The molecule has 0 saturated carbocycles. The number of hydrogen-bond donors (Lipinski definition) is 3. The summed E-state index contributed by atoms with van der Waals surface area (Å²) in [6, 6.07) is -0.741. The van der Waals surface area contributed by atoms with E-state index >= 15 is 0 Å².